The fraction of sp³-hybridized carbons (Fsp3) is 0.462. The van der Waals surface area contributed by atoms with Crippen molar-refractivity contribution in [2.24, 2.45) is 0 Å². The molecule has 1 aromatic rings. The number of nitrogens with one attached hydrogen (secondary N) is 1. The monoisotopic (exact) mass is 267 g/mol. The van der Waals surface area contributed by atoms with E-state index in [9.17, 15) is 4.39 Å². The molecule has 0 spiro atoms. The van der Waals surface area contributed by atoms with Gasteiger partial charge < -0.3 is 5.32 Å². The van der Waals surface area contributed by atoms with Crippen molar-refractivity contribution in [1.29, 1.82) is 5.26 Å². The van der Waals surface area contributed by atoms with Gasteiger partial charge in [0.25, 0.3) is 0 Å². The molecule has 1 atom stereocenters. The normalized spacial score (nSPS) is 18.3. The van der Waals surface area contributed by atoms with Crippen molar-refractivity contribution < 1.29 is 4.39 Å². The zero-order valence-corrected chi connectivity index (χ0v) is 10.8. The minimum Gasteiger partial charge on any atom is -0.314 e. The summed E-state index contributed by atoms with van der Waals surface area (Å²) >= 11 is 6.09. The molecule has 1 aliphatic rings. The number of hydrogen-bond acceptors (Lipinski definition) is 3. The van der Waals surface area contributed by atoms with Crippen LogP contribution in [0.25, 0.3) is 0 Å². The van der Waals surface area contributed by atoms with Crippen LogP contribution >= 0.6 is 11.6 Å². The van der Waals surface area contributed by atoms with E-state index in [0.717, 1.165) is 31.7 Å². The van der Waals surface area contributed by atoms with Gasteiger partial charge in [0.1, 0.15) is 5.82 Å². The fourth-order valence-electron chi connectivity index (χ4n) is 2.29. The van der Waals surface area contributed by atoms with E-state index in [0.29, 0.717) is 11.4 Å². The van der Waals surface area contributed by atoms with Gasteiger partial charge in [0.15, 0.2) is 0 Å². The lowest BCUT2D eigenvalue weighted by molar-refractivity contribution is 0.175. The van der Waals surface area contributed by atoms with Crippen LogP contribution in [0.2, 0.25) is 5.02 Å². The van der Waals surface area contributed by atoms with Gasteiger partial charge in [-0.1, -0.05) is 17.7 Å². The molecule has 0 radical (unpaired) electrons. The first-order chi connectivity index (χ1) is 8.72. The van der Waals surface area contributed by atoms with Crippen molar-refractivity contribution in [2.45, 2.75) is 12.5 Å². The van der Waals surface area contributed by atoms with Crippen LogP contribution in [-0.2, 0) is 0 Å². The maximum atomic E-state index is 13.1. The summed E-state index contributed by atoms with van der Waals surface area (Å²) in [6.45, 7) is 3.56. The lowest BCUT2D eigenvalue weighted by Crippen LogP contribution is -2.45. The summed E-state index contributed by atoms with van der Waals surface area (Å²) in [4.78, 5) is 2.22. The Morgan fingerprint density at radius 1 is 1.44 bits per heavy atom. The minimum atomic E-state index is -0.347. The zero-order chi connectivity index (χ0) is 13.0. The van der Waals surface area contributed by atoms with Crippen molar-refractivity contribution >= 4 is 11.6 Å². The lowest BCUT2D eigenvalue weighted by Gasteiger charge is -2.34. The number of piperazine rings is 1. The molecule has 5 heteroatoms. The average Bonchev–Trinajstić information content (AvgIpc) is 2.38. The molecular formula is C13H15ClFN3. The number of hydrogen-bond donors (Lipinski definition) is 1. The molecular weight excluding hydrogens is 253 g/mol. The Morgan fingerprint density at radius 2 is 2.17 bits per heavy atom. The number of rotatable bonds is 3. The van der Waals surface area contributed by atoms with E-state index < -0.39 is 0 Å². The first-order valence-corrected chi connectivity index (χ1v) is 6.37. The maximum Gasteiger partial charge on any atom is 0.124 e. The van der Waals surface area contributed by atoms with Gasteiger partial charge in [-0.25, -0.2) is 4.39 Å². The molecule has 0 unspecified atom stereocenters. The van der Waals surface area contributed by atoms with Crippen molar-refractivity contribution in [3.63, 3.8) is 0 Å². The van der Waals surface area contributed by atoms with Gasteiger partial charge in [0, 0.05) is 37.2 Å². The minimum absolute atomic E-state index is 0.0507. The van der Waals surface area contributed by atoms with Gasteiger partial charge in [-0.3, -0.25) is 4.90 Å². The van der Waals surface area contributed by atoms with Crippen LogP contribution in [0.1, 0.15) is 18.0 Å². The highest BCUT2D eigenvalue weighted by Gasteiger charge is 2.23. The molecule has 18 heavy (non-hydrogen) atoms. The van der Waals surface area contributed by atoms with Gasteiger partial charge in [-0.05, 0) is 17.7 Å². The molecule has 0 saturated carbocycles. The Morgan fingerprint density at radius 3 is 2.78 bits per heavy atom. The molecule has 0 aromatic heterocycles. The van der Waals surface area contributed by atoms with Gasteiger partial charge >= 0.3 is 0 Å². The molecule has 0 amide bonds. The topological polar surface area (TPSA) is 39.1 Å². The number of benzene rings is 1. The van der Waals surface area contributed by atoms with E-state index in [1.807, 2.05) is 0 Å². The largest absolute Gasteiger partial charge is 0.314 e. The molecule has 1 aliphatic heterocycles. The van der Waals surface area contributed by atoms with Crippen LogP contribution in [-0.4, -0.2) is 31.1 Å². The number of halogens is 2. The van der Waals surface area contributed by atoms with Crippen LogP contribution in [0.4, 0.5) is 4.39 Å². The van der Waals surface area contributed by atoms with Crippen LogP contribution in [0.5, 0.6) is 0 Å². The summed E-state index contributed by atoms with van der Waals surface area (Å²) in [5.74, 6) is -0.347. The average molecular weight is 268 g/mol. The van der Waals surface area contributed by atoms with Crippen molar-refractivity contribution in [1.82, 2.24) is 10.2 Å². The summed E-state index contributed by atoms with van der Waals surface area (Å²) < 4.78 is 13.1. The highest BCUT2D eigenvalue weighted by atomic mass is 35.5. The fourth-order valence-corrected chi connectivity index (χ4v) is 2.58. The highest BCUT2D eigenvalue weighted by molar-refractivity contribution is 6.31. The van der Waals surface area contributed by atoms with Crippen LogP contribution in [0.3, 0.4) is 0 Å². The van der Waals surface area contributed by atoms with Crippen molar-refractivity contribution in [3.05, 3.63) is 34.6 Å². The predicted octanol–water partition coefficient (Wildman–Crippen LogP) is 2.34. The summed E-state index contributed by atoms with van der Waals surface area (Å²) in [5, 5.41) is 12.6. The van der Waals surface area contributed by atoms with E-state index in [-0.39, 0.29) is 11.9 Å². The van der Waals surface area contributed by atoms with E-state index in [2.05, 4.69) is 16.3 Å². The summed E-state index contributed by atoms with van der Waals surface area (Å²) in [5.41, 5.74) is 0.835. The van der Waals surface area contributed by atoms with E-state index >= 15 is 0 Å². The smallest absolute Gasteiger partial charge is 0.124 e. The first kappa shape index (κ1) is 13.3. The Bertz CT molecular complexity index is 452. The number of nitrogens with zero attached hydrogens (tertiary/aromatic N) is 2. The molecule has 96 valence electrons. The Balaban J connectivity index is 2.25. The van der Waals surface area contributed by atoms with Crippen molar-refractivity contribution in [2.75, 3.05) is 26.2 Å². The quantitative estimate of drug-likeness (QED) is 0.914. The van der Waals surface area contributed by atoms with Gasteiger partial charge in [-0.2, -0.15) is 5.26 Å². The molecule has 1 saturated heterocycles. The zero-order valence-electron chi connectivity index (χ0n) is 10.00. The van der Waals surface area contributed by atoms with Crippen LogP contribution < -0.4 is 5.32 Å². The highest BCUT2D eigenvalue weighted by Crippen LogP contribution is 2.30. The second-order valence-electron chi connectivity index (χ2n) is 4.33. The van der Waals surface area contributed by atoms with Gasteiger partial charge in [0.05, 0.1) is 12.5 Å². The first-order valence-electron chi connectivity index (χ1n) is 5.99. The van der Waals surface area contributed by atoms with Gasteiger partial charge in [0.2, 0.25) is 0 Å². The molecule has 0 aliphatic carbocycles. The maximum absolute atomic E-state index is 13.1. The summed E-state index contributed by atoms with van der Waals surface area (Å²) in [6.07, 6.45) is 0.366. The Hall–Kier alpha value is -1.15. The Labute approximate surface area is 111 Å². The predicted molar refractivity (Wildman–Crippen MR) is 68.8 cm³/mol. The Kier molecular flexibility index (Phi) is 4.54. The summed E-state index contributed by atoms with van der Waals surface area (Å²) in [7, 11) is 0. The molecule has 2 rings (SSSR count). The number of nitriles is 1. The standard InChI is InChI=1S/C13H15ClFN3/c14-12-9-10(15)1-2-11(12)13(3-4-16)18-7-5-17-6-8-18/h1-2,9,13,17H,3,5-8H2/t13-/m0/s1. The van der Waals surface area contributed by atoms with E-state index in [1.54, 1.807) is 6.07 Å². The van der Waals surface area contributed by atoms with Crippen LogP contribution in [0, 0.1) is 17.1 Å². The molecule has 1 aromatic carbocycles. The second-order valence-corrected chi connectivity index (χ2v) is 4.74. The third-order valence-corrected chi connectivity index (χ3v) is 3.53. The third kappa shape index (κ3) is 2.99. The SMILES string of the molecule is N#CC[C@@H](c1ccc(F)cc1Cl)N1CCNCC1. The molecule has 1 heterocycles. The summed E-state index contributed by atoms with van der Waals surface area (Å²) in [6, 6.07) is 6.53. The van der Waals surface area contributed by atoms with Crippen molar-refractivity contribution in [3.8, 4) is 6.07 Å². The molecule has 0 bridgehead atoms. The second kappa shape index (κ2) is 6.14. The molecule has 1 N–H and O–H groups in total. The van der Waals surface area contributed by atoms with Crippen LogP contribution in [0.15, 0.2) is 18.2 Å². The van der Waals surface area contributed by atoms with Gasteiger partial charge in [-0.15, -0.1) is 0 Å². The lowest BCUT2D eigenvalue weighted by atomic mass is 10.0. The molecule has 3 nitrogen and oxygen atoms in total. The molecule has 1 fully saturated rings. The van der Waals surface area contributed by atoms with E-state index in [1.165, 1.54) is 12.1 Å². The third-order valence-electron chi connectivity index (χ3n) is 3.20. The van der Waals surface area contributed by atoms with E-state index in [4.69, 9.17) is 16.9 Å².